The van der Waals surface area contributed by atoms with E-state index in [-0.39, 0.29) is 17.9 Å². The van der Waals surface area contributed by atoms with E-state index < -0.39 is 5.97 Å². The number of carbonyl (C=O) groups is 1. The Bertz CT molecular complexity index is 568. The highest BCUT2D eigenvalue weighted by Gasteiger charge is 2.16. The van der Waals surface area contributed by atoms with Crippen LogP contribution in [0.2, 0.25) is 0 Å². The molecule has 0 saturated carbocycles. The van der Waals surface area contributed by atoms with E-state index in [1.807, 2.05) is 6.07 Å². The monoisotopic (exact) mass is 247 g/mol. The molecule has 1 aromatic heterocycles. The Kier molecular flexibility index (Phi) is 3.74. The molecule has 94 valence electrons. The zero-order valence-electron chi connectivity index (χ0n) is 9.92. The maximum absolute atomic E-state index is 11.3. The molecule has 1 aromatic carbocycles. The lowest BCUT2D eigenvalue weighted by Gasteiger charge is -2.10. The number of aromatic nitrogens is 1. The van der Waals surface area contributed by atoms with Crippen molar-refractivity contribution in [2.24, 2.45) is 0 Å². The van der Waals surface area contributed by atoms with Gasteiger partial charge in [0.05, 0.1) is 18.3 Å². The first-order valence-electron chi connectivity index (χ1n) is 5.47. The summed E-state index contributed by atoms with van der Waals surface area (Å²) in [4.78, 5) is 15.5. The van der Waals surface area contributed by atoms with Crippen molar-refractivity contribution >= 4 is 16.9 Å². The topological polar surface area (TPSA) is 68.7 Å². The molecule has 5 nitrogen and oxygen atoms in total. The highest BCUT2D eigenvalue weighted by molar-refractivity contribution is 6.04. The Morgan fingerprint density at radius 1 is 1.33 bits per heavy atom. The van der Waals surface area contributed by atoms with Gasteiger partial charge in [0.15, 0.2) is 5.75 Å². The third kappa shape index (κ3) is 2.41. The fourth-order valence-electron chi connectivity index (χ4n) is 1.69. The molecule has 0 amide bonds. The Morgan fingerprint density at radius 3 is 2.83 bits per heavy atom. The van der Waals surface area contributed by atoms with Crippen LogP contribution in [0.3, 0.4) is 0 Å². The highest BCUT2D eigenvalue weighted by Crippen LogP contribution is 2.26. The molecule has 1 N–H and O–H groups in total. The molecule has 0 aliphatic carbocycles. The smallest absolute Gasteiger partial charge is 0.340 e. The standard InChI is InChI=1S/C13H13NO4/c1-17-6-7-18-11-8-14-10-5-3-2-4-9(10)12(11)13(15)16/h2-5,8H,6-7H2,1H3,(H,15,16). The number of nitrogens with zero attached hydrogens (tertiary/aromatic N) is 1. The minimum atomic E-state index is -1.03. The number of para-hydroxylation sites is 1. The first kappa shape index (κ1) is 12.3. The number of carboxylic acids is 1. The second-order valence-corrected chi connectivity index (χ2v) is 3.66. The third-order valence-corrected chi connectivity index (χ3v) is 2.50. The van der Waals surface area contributed by atoms with Crippen molar-refractivity contribution in [1.29, 1.82) is 0 Å². The second kappa shape index (κ2) is 5.46. The van der Waals surface area contributed by atoms with Gasteiger partial charge in [-0.3, -0.25) is 4.98 Å². The second-order valence-electron chi connectivity index (χ2n) is 3.66. The fraction of sp³-hybridized carbons (Fsp3) is 0.231. The van der Waals surface area contributed by atoms with Crippen molar-refractivity contribution in [3.8, 4) is 5.75 Å². The van der Waals surface area contributed by atoms with Gasteiger partial charge in [-0.05, 0) is 6.07 Å². The van der Waals surface area contributed by atoms with Crippen LogP contribution in [0.25, 0.3) is 10.9 Å². The van der Waals surface area contributed by atoms with E-state index in [2.05, 4.69) is 4.98 Å². The van der Waals surface area contributed by atoms with Gasteiger partial charge >= 0.3 is 5.97 Å². The number of hydrogen-bond acceptors (Lipinski definition) is 4. The molecule has 2 aromatic rings. The molecule has 0 bridgehead atoms. The lowest BCUT2D eigenvalue weighted by atomic mass is 10.1. The Labute approximate surface area is 104 Å². The van der Waals surface area contributed by atoms with Gasteiger partial charge in [0.25, 0.3) is 0 Å². The van der Waals surface area contributed by atoms with Crippen molar-refractivity contribution in [2.45, 2.75) is 0 Å². The van der Waals surface area contributed by atoms with Crippen molar-refractivity contribution in [2.75, 3.05) is 20.3 Å². The first-order chi connectivity index (χ1) is 8.74. The molecule has 0 saturated heterocycles. The SMILES string of the molecule is COCCOc1cnc2ccccc2c1C(=O)O. The minimum absolute atomic E-state index is 0.136. The van der Waals surface area contributed by atoms with Crippen molar-refractivity contribution in [3.05, 3.63) is 36.0 Å². The molecule has 0 aliphatic heterocycles. The van der Waals surface area contributed by atoms with Crippen LogP contribution in [0.1, 0.15) is 10.4 Å². The predicted octanol–water partition coefficient (Wildman–Crippen LogP) is 1.96. The number of benzene rings is 1. The first-order valence-corrected chi connectivity index (χ1v) is 5.47. The van der Waals surface area contributed by atoms with E-state index in [1.54, 1.807) is 25.3 Å². The normalized spacial score (nSPS) is 10.5. The van der Waals surface area contributed by atoms with Crippen LogP contribution in [-0.4, -0.2) is 36.4 Å². The van der Waals surface area contributed by atoms with E-state index >= 15 is 0 Å². The summed E-state index contributed by atoms with van der Waals surface area (Å²) in [7, 11) is 1.56. The number of fused-ring (bicyclic) bond motifs is 1. The molecule has 1 heterocycles. The van der Waals surface area contributed by atoms with Crippen LogP contribution in [-0.2, 0) is 4.74 Å². The summed E-state index contributed by atoms with van der Waals surface area (Å²) in [6.07, 6.45) is 1.43. The van der Waals surface area contributed by atoms with Crippen LogP contribution in [0.4, 0.5) is 0 Å². The third-order valence-electron chi connectivity index (χ3n) is 2.50. The maximum Gasteiger partial charge on any atom is 0.340 e. The van der Waals surface area contributed by atoms with Crippen LogP contribution >= 0.6 is 0 Å². The van der Waals surface area contributed by atoms with Crippen LogP contribution in [0.15, 0.2) is 30.5 Å². The summed E-state index contributed by atoms with van der Waals surface area (Å²) in [5.74, 6) is -0.765. The molecule has 2 rings (SSSR count). The number of carboxylic acid groups (broad SMARTS) is 1. The number of pyridine rings is 1. The van der Waals surface area contributed by atoms with Gasteiger partial charge in [-0.15, -0.1) is 0 Å². The van der Waals surface area contributed by atoms with E-state index in [9.17, 15) is 9.90 Å². The average molecular weight is 247 g/mol. The summed E-state index contributed by atoms with van der Waals surface area (Å²) in [6, 6.07) is 7.07. The van der Waals surface area contributed by atoms with Gasteiger partial charge in [-0.2, -0.15) is 0 Å². The Hall–Kier alpha value is -2.14. The van der Waals surface area contributed by atoms with Crippen molar-refractivity contribution in [1.82, 2.24) is 4.98 Å². The van der Waals surface area contributed by atoms with Gasteiger partial charge < -0.3 is 14.6 Å². The largest absolute Gasteiger partial charge is 0.489 e. The van der Waals surface area contributed by atoms with Crippen molar-refractivity contribution < 1.29 is 19.4 Å². The lowest BCUT2D eigenvalue weighted by Crippen LogP contribution is -2.09. The van der Waals surface area contributed by atoms with Gasteiger partial charge in [-0.1, -0.05) is 18.2 Å². The van der Waals surface area contributed by atoms with Crippen LogP contribution < -0.4 is 4.74 Å². The summed E-state index contributed by atoms with van der Waals surface area (Å²) < 4.78 is 10.2. The zero-order valence-corrected chi connectivity index (χ0v) is 9.92. The molecule has 0 spiro atoms. The van der Waals surface area contributed by atoms with Gasteiger partial charge in [0, 0.05) is 12.5 Å². The van der Waals surface area contributed by atoms with Gasteiger partial charge in [0.1, 0.15) is 12.2 Å². The van der Waals surface area contributed by atoms with E-state index in [0.29, 0.717) is 17.5 Å². The van der Waals surface area contributed by atoms with Gasteiger partial charge in [0.2, 0.25) is 0 Å². The summed E-state index contributed by atoms with van der Waals surface area (Å²) in [5, 5.41) is 9.85. The molecule has 5 heteroatoms. The van der Waals surface area contributed by atoms with E-state index in [4.69, 9.17) is 9.47 Å². The summed E-state index contributed by atoms with van der Waals surface area (Å²) in [6.45, 7) is 0.683. The molecule has 0 aliphatic rings. The predicted molar refractivity (Wildman–Crippen MR) is 66.1 cm³/mol. The molecule has 0 unspecified atom stereocenters. The highest BCUT2D eigenvalue weighted by atomic mass is 16.5. The van der Waals surface area contributed by atoms with E-state index in [1.165, 1.54) is 6.20 Å². The molecular formula is C13H13NO4. The number of ether oxygens (including phenoxy) is 2. The molecular weight excluding hydrogens is 234 g/mol. The van der Waals surface area contributed by atoms with Gasteiger partial charge in [-0.25, -0.2) is 4.79 Å². The molecule has 0 radical (unpaired) electrons. The lowest BCUT2D eigenvalue weighted by molar-refractivity contribution is 0.0692. The summed E-state index contributed by atoms with van der Waals surface area (Å²) in [5.41, 5.74) is 0.769. The number of rotatable bonds is 5. The quantitative estimate of drug-likeness (QED) is 0.818. The molecule has 18 heavy (non-hydrogen) atoms. The Morgan fingerprint density at radius 2 is 2.11 bits per heavy atom. The Balaban J connectivity index is 2.46. The minimum Gasteiger partial charge on any atom is -0.489 e. The van der Waals surface area contributed by atoms with Crippen molar-refractivity contribution in [3.63, 3.8) is 0 Å². The zero-order chi connectivity index (χ0) is 13.0. The summed E-state index contributed by atoms with van der Waals surface area (Å²) >= 11 is 0. The maximum atomic E-state index is 11.3. The molecule has 0 fully saturated rings. The number of methoxy groups -OCH3 is 1. The molecule has 0 atom stereocenters. The van der Waals surface area contributed by atoms with Crippen LogP contribution in [0, 0.1) is 0 Å². The van der Waals surface area contributed by atoms with E-state index in [0.717, 1.165) is 0 Å². The number of aromatic carboxylic acids is 1. The number of hydrogen-bond donors (Lipinski definition) is 1. The average Bonchev–Trinajstić information content (AvgIpc) is 2.38. The fourth-order valence-corrected chi connectivity index (χ4v) is 1.69. The van der Waals surface area contributed by atoms with Crippen LogP contribution in [0.5, 0.6) is 5.75 Å².